The van der Waals surface area contributed by atoms with Crippen molar-refractivity contribution in [3.8, 4) is 11.5 Å². The Morgan fingerprint density at radius 2 is 1.92 bits per heavy atom. The lowest BCUT2D eigenvalue weighted by Crippen LogP contribution is -2.18. The monoisotopic (exact) mass is 405 g/mol. The maximum absolute atomic E-state index is 12.6. The molecule has 1 aliphatic heterocycles. The van der Waals surface area contributed by atoms with Crippen molar-refractivity contribution in [2.24, 2.45) is 0 Å². The molecule has 2 aromatic rings. The molecule has 0 spiro atoms. The first kappa shape index (κ1) is 17.8. The van der Waals surface area contributed by atoms with E-state index in [9.17, 15) is 9.90 Å². The smallest absolute Gasteiger partial charge is 0.256 e. The molecule has 1 amide bonds. The van der Waals surface area contributed by atoms with E-state index in [1.807, 2.05) is 19.1 Å². The van der Waals surface area contributed by atoms with Crippen LogP contribution < -0.4 is 14.8 Å². The molecule has 0 saturated carbocycles. The number of halogens is 1. The first-order chi connectivity index (χ1) is 12.1. The minimum absolute atomic E-state index is 0.255. The summed E-state index contributed by atoms with van der Waals surface area (Å²) in [5.41, 5.74) is 1.69. The number of hydrogen-bond acceptors (Lipinski definition) is 4. The number of rotatable bonds is 5. The summed E-state index contributed by atoms with van der Waals surface area (Å²) in [5.74, 6) is 0.908. The van der Waals surface area contributed by atoms with E-state index >= 15 is 0 Å². The highest BCUT2D eigenvalue weighted by Crippen LogP contribution is 2.39. The Morgan fingerprint density at radius 1 is 1.24 bits per heavy atom. The zero-order chi connectivity index (χ0) is 17.8. The SMILES string of the molecule is CCCC(O)c1cc2c(cc1NC(=O)c1ccccc1Br)OCCO2. The number of hydrogen-bond donors (Lipinski definition) is 2. The Hall–Kier alpha value is -2.05. The van der Waals surface area contributed by atoms with Crippen LogP contribution in [0.25, 0.3) is 0 Å². The number of anilines is 1. The quantitative estimate of drug-likeness (QED) is 0.777. The van der Waals surface area contributed by atoms with Crippen LogP contribution in [0.1, 0.15) is 41.8 Å². The minimum atomic E-state index is -0.685. The molecule has 25 heavy (non-hydrogen) atoms. The van der Waals surface area contributed by atoms with Crippen LogP contribution in [0, 0.1) is 0 Å². The molecule has 2 aromatic carbocycles. The molecule has 3 rings (SSSR count). The number of amides is 1. The summed E-state index contributed by atoms with van der Waals surface area (Å²) in [6.45, 7) is 2.93. The molecule has 0 aliphatic carbocycles. The predicted molar refractivity (Wildman–Crippen MR) is 99.4 cm³/mol. The lowest BCUT2D eigenvalue weighted by Gasteiger charge is -2.23. The van der Waals surface area contributed by atoms with Gasteiger partial charge in [0, 0.05) is 16.1 Å². The van der Waals surface area contributed by atoms with Gasteiger partial charge in [-0.3, -0.25) is 4.79 Å². The average Bonchev–Trinajstić information content (AvgIpc) is 2.61. The fraction of sp³-hybridized carbons (Fsp3) is 0.316. The van der Waals surface area contributed by atoms with Gasteiger partial charge in [0.15, 0.2) is 11.5 Å². The number of carbonyl (C=O) groups excluding carboxylic acids is 1. The Balaban J connectivity index is 1.95. The van der Waals surface area contributed by atoms with Gasteiger partial charge in [-0.05, 0) is 40.5 Å². The van der Waals surface area contributed by atoms with Crippen molar-refractivity contribution >= 4 is 27.5 Å². The molecule has 6 heteroatoms. The van der Waals surface area contributed by atoms with Crippen molar-refractivity contribution in [2.75, 3.05) is 18.5 Å². The first-order valence-corrected chi connectivity index (χ1v) is 9.07. The molecule has 1 heterocycles. The van der Waals surface area contributed by atoms with Gasteiger partial charge in [-0.25, -0.2) is 0 Å². The summed E-state index contributed by atoms with van der Waals surface area (Å²) < 4.78 is 11.9. The van der Waals surface area contributed by atoms with Gasteiger partial charge in [-0.1, -0.05) is 25.5 Å². The lowest BCUT2D eigenvalue weighted by atomic mass is 10.0. The molecule has 2 N–H and O–H groups in total. The van der Waals surface area contributed by atoms with Gasteiger partial charge < -0.3 is 19.9 Å². The van der Waals surface area contributed by atoms with E-state index in [-0.39, 0.29) is 5.91 Å². The highest BCUT2D eigenvalue weighted by Gasteiger charge is 2.21. The van der Waals surface area contributed by atoms with Crippen molar-refractivity contribution in [3.05, 3.63) is 52.0 Å². The van der Waals surface area contributed by atoms with Crippen molar-refractivity contribution in [2.45, 2.75) is 25.9 Å². The van der Waals surface area contributed by atoms with Gasteiger partial charge in [-0.2, -0.15) is 0 Å². The predicted octanol–water partition coefficient (Wildman–Crippen LogP) is 4.31. The van der Waals surface area contributed by atoms with Crippen molar-refractivity contribution in [3.63, 3.8) is 0 Å². The van der Waals surface area contributed by atoms with Gasteiger partial charge in [0.05, 0.1) is 17.4 Å². The third-order valence-electron chi connectivity index (χ3n) is 4.00. The van der Waals surface area contributed by atoms with Gasteiger partial charge in [0.1, 0.15) is 13.2 Å². The molecule has 0 fully saturated rings. The number of carbonyl (C=O) groups is 1. The Kier molecular flexibility index (Phi) is 5.60. The summed E-state index contributed by atoms with van der Waals surface area (Å²) in [4.78, 5) is 12.6. The summed E-state index contributed by atoms with van der Waals surface area (Å²) in [6, 6.07) is 10.7. The number of fused-ring (bicyclic) bond motifs is 1. The van der Waals surface area contributed by atoms with E-state index in [4.69, 9.17) is 9.47 Å². The van der Waals surface area contributed by atoms with E-state index in [2.05, 4.69) is 21.2 Å². The lowest BCUT2D eigenvalue weighted by molar-refractivity contribution is 0.102. The molecule has 5 nitrogen and oxygen atoms in total. The summed E-state index contributed by atoms with van der Waals surface area (Å²) in [7, 11) is 0. The number of aliphatic hydroxyl groups is 1. The molecule has 1 unspecified atom stereocenters. The molecular formula is C19H20BrNO4. The molecule has 0 saturated heterocycles. The van der Waals surface area contributed by atoms with E-state index in [0.717, 1.165) is 6.42 Å². The van der Waals surface area contributed by atoms with Crippen LogP contribution in [-0.2, 0) is 0 Å². The Bertz CT molecular complexity index is 778. The first-order valence-electron chi connectivity index (χ1n) is 8.27. The van der Waals surface area contributed by atoms with E-state index in [0.29, 0.717) is 52.4 Å². The maximum atomic E-state index is 12.6. The van der Waals surface area contributed by atoms with Crippen LogP contribution >= 0.6 is 15.9 Å². The second kappa shape index (κ2) is 7.89. The Morgan fingerprint density at radius 3 is 2.60 bits per heavy atom. The standard InChI is InChI=1S/C19H20BrNO4/c1-2-5-16(22)13-10-17-18(25-9-8-24-17)11-15(13)21-19(23)12-6-3-4-7-14(12)20/h3-4,6-7,10-11,16,22H,2,5,8-9H2,1H3,(H,21,23). The largest absolute Gasteiger partial charge is 0.486 e. The molecule has 132 valence electrons. The highest BCUT2D eigenvalue weighted by molar-refractivity contribution is 9.10. The summed E-state index contributed by atoms with van der Waals surface area (Å²) in [6.07, 6.45) is 0.737. The van der Waals surface area contributed by atoms with Crippen LogP contribution in [0.5, 0.6) is 11.5 Å². The maximum Gasteiger partial charge on any atom is 0.256 e. The summed E-state index contributed by atoms with van der Waals surface area (Å²) in [5, 5.41) is 13.4. The van der Waals surface area contributed by atoms with Gasteiger partial charge in [-0.15, -0.1) is 0 Å². The van der Waals surface area contributed by atoms with Crippen LogP contribution in [-0.4, -0.2) is 24.2 Å². The normalized spacial score (nSPS) is 14.0. The molecule has 0 aromatic heterocycles. The second-order valence-corrected chi connectivity index (χ2v) is 6.68. The van der Waals surface area contributed by atoms with Crippen molar-refractivity contribution < 1.29 is 19.4 Å². The van der Waals surface area contributed by atoms with Crippen molar-refractivity contribution in [1.82, 2.24) is 0 Å². The number of ether oxygens (including phenoxy) is 2. The van der Waals surface area contributed by atoms with Crippen molar-refractivity contribution in [1.29, 1.82) is 0 Å². The zero-order valence-electron chi connectivity index (χ0n) is 13.9. The number of aliphatic hydroxyl groups excluding tert-OH is 1. The van der Waals surface area contributed by atoms with Gasteiger partial charge in [0.25, 0.3) is 5.91 Å². The Labute approximate surface area is 155 Å². The zero-order valence-corrected chi connectivity index (χ0v) is 15.5. The molecule has 0 radical (unpaired) electrons. The number of nitrogens with one attached hydrogen (secondary N) is 1. The van der Waals surface area contributed by atoms with E-state index < -0.39 is 6.10 Å². The summed E-state index contributed by atoms with van der Waals surface area (Å²) >= 11 is 3.39. The topological polar surface area (TPSA) is 67.8 Å². The molecular weight excluding hydrogens is 386 g/mol. The third-order valence-corrected chi connectivity index (χ3v) is 4.69. The molecule has 0 bridgehead atoms. The van der Waals surface area contributed by atoms with Crippen LogP contribution in [0.4, 0.5) is 5.69 Å². The number of benzene rings is 2. The molecule has 1 aliphatic rings. The highest BCUT2D eigenvalue weighted by atomic mass is 79.9. The second-order valence-electron chi connectivity index (χ2n) is 5.82. The minimum Gasteiger partial charge on any atom is -0.486 e. The van der Waals surface area contributed by atoms with E-state index in [1.165, 1.54) is 0 Å². The third kappa shape index (κ3) is 3.96. The van der Waals surface area contributed by atoms with Gasteiger partial charge in [0.2, 0.25) is 0 Å². The van der Waals surface area contributed by atoms with Crippen LogP contribution in [0.15, 0.2) is 40.9 Å². The van der Waals surface area contributed by atoms with Gasteiger partial charge >= 0.3 is 0 Å². The van der Waals surface area contributed by atoms with Crippen LogP contribution in [0.3, 0.4) is 0 Å². The fourth-order valence-corrected chi connectivity index (χ4v) is 3.22. The average molecular weight is 406 g/mol. The van der Waals surface area contributed by atoms with E-state index in [1.54, 1.807) is 24.3 Å². The fourth-order valence-electron chi connectivity index (χ4n) is 2.75. The molecule has 1 atom stereocenters. The van der Waals surface area contributed by atoms with Crippen LogP contribution in [0.2, 0.25) is 0 Å².